The average Bonchev–Trinajstić information content (AvgIpc) is 3.16. The molecule has 0 unspecified atom stereocenters. The first kappa shape index (κ1) is 17.0. The Kier molecular flexibility index (Phi) is 5.35. The molecule has 1 N–H and O–H groups in total. The zero-order valence-electron chi connectivity index (χ0n) is 14.1. The van der Waals surface area contributed by atoms with Crippen LogP contribution in [0.3, 0.4) is 0 Å². The Bertz CT molecular complexity index is 722. The number of carbonyl (C=O) groups excluding carboxylic acids is 2. The number of nitrogens with zero attached hydrogens (tertiary/aromatic N) is 2. The number of anilines is 1. The van der Waals surface area contributed by atoms with Crippen molar-refractivity contribution in [1.29, 1.82) is 0 Å². The number of ether oxygens (including phenoxy) is 1. The number of rotatable bonds is 4. The number of benzene rings is 1. The molecule has 0 aliphatic carbocycles. The van der Waals surface area contributed by atoms with E-state index in [0.29, 0.717) is 38.5 Å². The normalized spacial score (nSPS) is 14.4. The van der Waals surface area contributed by atoms with Crippen LogP contribution in [-0.2, 0) is 11.3 Å². The summed E-state index contributed by atoms with van der Waals surface area (Å²) >= 11 is 0. The van der Waals surface area contributed by atoms with E-state index in [1.54, 1.807) is 29.0 Å². The summed E-state index contributed by atoms with van der Waals surface area (Å²) in [6.07, 6.45) is 1.48. The van der Waals surface area contributed by atoms with Crippen LogP contribution in [0.5, 0.6) is 0 Å². The Labute approximate surface area is 146 Å². The number of piperazine rings is 1. The molecule has 1 aromatic heterocycles. The highest BCUT2D eigenvalue weighted by molar-refractivity contribution is 5.92. The van der Waals surface area contributed by atoms with E-state index in [1.807, 2.05) is 24.3 Å². The van der Waals surface area contributed by atoms with E-state index in [2.05, 4.69) is 5.32 Å². The molecule has 3 amide bonds. The van der Waals surface area contributed by atoms with Crippen LogP contribution >= 0.6 is 0 Å². The van der Waals surface area contributed by atoms with Gasteiger partial charge in [-0.2, -0.15) is 0 Å². The fraction of sp³-hybridized carbons (Fsp3) is 0.333. The van der Waals surface area contributed by atoms with E-state index in [4.69, 9.17) is 9.15 Å². The summed E-state index contributed by atoms with van der Waals surface area (Å²) in [6.45, 7) is 2.43. The highest BCUT2D eigenvalue weighted by atomic mass is 16.5. The van der Waals surface area contributed by atoms with Crippen molar-refractivity contribution >= 4 is 17.6 Å². The van der Waals surface area contributed by atoms with Gasteiger partial charge in [0.05, 0.1) is 12.9 Å². The maximum atomic E-state index is 12.4. The summed E-state index contributed by atoms with van der Waals surface area (Å²) in [5, 5.41) is 2.89. The van der Waals surface area contributed by atoms with Gasteiger partial charge in [-0.25, -0.2) is 4.79 Å². The second-order valence-corrected chi connectivity index (χ2v) is 5.82. The quantitative estimate of drug-likeness (QED) is 0.925. The van der Waals surface area contributed by atoms with Gasteiger partial charge < -0.3 is 24.3 Å². The van der Waals surface area contributed by atoms with Gasteiger partial charge in [0.15, 0.2) is 5.76 Å². The van der Waals surface area contributed by atoms with Crippen molar-refractivity contribution in [3.8, 4) is 0 Å². The fourth-order valence-electron chi connectivity index (χ4n) is 2.78. The van der Waals surface area contributed by atoms with Gasteiger partial charge >= 0.3 is 6.03 Å². The topological polar surface area (TPSA) is 75.0 Å². The minimum Gasteiger partial charge on any atom is -0.459 e. The van der Waals surface area contributed by atoms with Gasteiger partial charge in [0.1, 0.15) is 0 Å². The fourth-order valence-corrected chi connectivity index (χ4v) is 2.78. The summed E-state index contributed by atoms with van der Waals surface area (Å²) in [5.74, 6) is 0.185. The Balaban J connectivity index is 1.53. The molecular weight excluding hydrogens is 322 g/mol. The predicted molar refractivity (Wildman–Crippen MR) is 92.4 cm³/mol. The van der Waals surface area contributed by atoms with E-state index < -0.39 is 0 Å². The number of furan rings is 1. The Hall–Kier alpha value is -2.80. The van der Waals surface area contributed by atoms with Crippen molar-refractivity contribution < 1.29 is 18.7 Å². The molecule has 3 rings (SSSR count). The van der Waals surface area contributed by atoms with Crippen LogP contribution in [0.1, 0.15) is 16.1 Å². The van der Waals surface area contributed by atoms with E-state index in [0.717, 1.165) is 11.3 Å². The van der Waals surface area contributed by atoms with Crippen molar-refractivity contribution in [1.82, 2.24) is 9.80 Å². The van der Waals surface area contributed by atoms with Gasteiger partial charge in [0.25, 0.3) is 5.91 Å². The molecule has 132 valence electrons. The van der Waals surface area contributed by atoms with Crippen molar-refractivity contribution in [2.24, 2.45) is 0 Å². The highest BCUT2D eigenvalue weighted by Gasteiger charge is 2.26. The lowest BCUT2D eigenvalue weighted by molar-refractivity contribution is 0.0640. The maximum Gasteiger partial charge on any atom is 0.321 e. The molecule has 1 fully saturated rings. The molecule has 1 aromatic carbocycles. The van der Waals surface area contributed by atoms with E-state index in [1.165, 1.54) is 6.26 Å². The van der Waals surface area contributed by atoms with Gasteiger partial charge in [-0.1, -0.05) is 12.1 Å². The third-order valence-corrected chi connectivity index (χ3v) is 4.08. The summed E-state index contributed by atoms with van der Waals surface area (Å²) in [5.41, 5.74) is 1.72. The summed E-state index contributed by atoms with van der Waals surface area (Å²) in [4.78, 5) is 28.0. The molecule has 2 heterocycles. The summed E-state index contributed by atoms with van der Waals surface area (Å²) < 4.78 is 10.2. The largest absolute Gasteiger partial charge is 0.459 e. The van der Waals surface area contributed by atoms with Gasteiger partial charge in [-0.05, 0) is 29.8 Å². The average molecular weight is 343 g/mol. The first-order valence-corrected chi connectivity index (χ1v) is 8.14. The molecular formula is C18H21N3O4. The molecule has 1 aliphatic heterocycles. The second kappa shape index (κ2) is 7.85. The Morgan fingerprint density at radius 1 is 1.12 bits per heavy atom. The number of amides is 3. The zero-order chi connectivity index (χ0) is 17.6. The number of methoxy groups -OCH3 is 1. The van der Waals surface area contributed by atoms with Gasteiger partial charge in [-0.3, -0.25) is 4.79 Å². The summed E-state index contributed by atoms with van der Waals surface area (Å²) in [7, 11) is 1.63. The number of nitrogens with one attached hydrogen (secondary N) is 1. The van der Waals surface area contributed by atoms with Gasteiger partial charge in [0.2, 0.25) is 0 Å². The van der Waals surface area contributed by atoms with Crippen LogP contribution in [-0.4, -0.2) is 55.0 Å². The monoisotopic (exact) mass is 343 g/mol. The first-order valence-electron chi connectivity index (χ1n) is 8.14. The number of hydrogen-bond acceptors (Lipinski definition) is 4. The van der Waals surface area contributed by atoms with E-state index >= 15 is 0 Å². The molecule has 25 heavy (non-hydrogen) atoms. The molecule has 1 saturated heterocycles. The van der Waals surface area contributed by atoms with Crippen LogP contribution in [0.4, 0.5) is 10.5 Å². The third-order valence-electron chi connectivity index (χ3n) is 4.08. The van der Waals surface area contributed by atoms with E-state index in [-0.39, 0.29) is 11.9 Å². The van der Waals surface area contributed by atoms with Crippen LogP contribution in [0.2, 0.25) is 0 Å². The Morgan fingerprint density at radius 2 is 1.88 bits per heavy atom. The molecule has 7 nitrogen and oxygen atoms in total. The minimum atomic E-state index is -0.167. The molecule has 0 spiro atoms. The minimum absolute atomic E-state index is 0.141. The van der Waals surface area contributed by atoms with Crippen LogP contribution in [0.25, 0.3) is 0 Å². The smallest absolute Gasteiger partial charge is 0.321 e. The van der Waals surface area contributed by atoms with Crippen LogP contribution < -0.4 is 5.32 Å². The Morgan fingerprint density at radius 3 is 2.56 bits per heavy atom. The SMILES string of the molecule is COCc1cccc(NC(=O)N2CCN(C(=O)c3ccco3)CC2)c1. The molecule has 0 bridgehead atoms. The summed E-state index contributed by atoms with van der Waals surface area (Å²) in [6, 6.07) is 10.7. The molecule has 7 heteroatoms. The lowest BCUT2D eigenvalue weighted by Crippen LogP contribution is -2.51. The van der Waals surface area contributed by atoms with Gasteiger partial charge in [0, 0.05) is 39.0 Å². The van der Waals surface area contributed by atoms with Crippen molar-refractivity contribution in [3.05, 3.63) is 54.0 Å². The molecule has 0 atom stereocenters. The highest BCUT2D eigenvalue weighted by Crippen LogP contribution is 2.14. The maximum absolute atomic E-state index is 12.4. The number of urea groups is 1. The standard InChI is InChI=1S/C18H21N3O4/c1-24-13-14-4-2-5-15(12-14)19-18(23)21-9-7-20(8-10-21)17(22)16-6-3-11-25-16/h2-6,11-12H,7-10,13H2,1H3,(H,19,23). The first-order chi connectivity index (χ1) is 12.2. The number of carbonyl (C=O) groups is 2. The lowest BCUT2D eigenvalue weighted by Gasteiger charge is -2.34. The van der Waals surface area contributed by atoms with Crippen molar-refractivity contribution in [2.75, 3.05) is 38.6 Å². The van der Waals surface area contributed by atoms with E-state index in [9.17, 15) is 9.59 Å². The van der Waals surface area contributed by atoms with Crippen LogP contribution in [0, 0.1) is 0 Å². The third kappa shape index (κ3) is 4.19. The predicted octanol–water partition coefficient (Wildman–Crippen LogP) is 2.42. The zero-order valence-corrected chi connectivity index (χ0v) is 14.1. The van der Waals surface area contributed by atoms with Crippen LogP contribution in [0.15, 0.2) is 47.1 Å². The molecule has 2 aromatic rings. The molecule has 0 radical (unpaired) electrons. The number of hydrogen-bond donors (Lipinski definition) is 1. The van der Waals surface area contributed by atoms with Crippen molar-refractivity contribution in [3.63, 3.8) is 0 Å². The lowest BCUT2D eigenvalue weighted by atomic mass is 10.2. The van der Waals surface area contributed by atoms with Crippen molar-refractivity contribution in [2.45, 2.75) is 6.61 Å². The molecule has 1 aliphatic rings. The molecule has 0 saturated carbocycles. The van der Waals surface area contributed by atoms with Gasteiger partial charge in [-0.15, -0.1) is 0 Å². The second-order valence-electron chi connectivity index (χ2n) is 5.82.